The third-order valence-electron chi connectivity index (χ3n) is 2.44. The van der Waals surface area contributed by atoms with Crippen molar-refractivity contribution in [3.8, 4) is 0 Å². The number of hydrogen-bond acceptors (Lipinski definition) is 3. The van der Waals surface area contributed by atoms with Crippen molar-refractivity contribution in [3.63, 3.8) is 0 Å². The zero-order valence-corrected chi connectivity index (χ0v) is 7.69. The average molecular weight is 188 g/mol. The van der Waals surface area contributed by atoms with E-state index in [1.807, 2.05) is 0 Å². The van der Waals surface area contributed by atoms with Crippen LogP contribution in [0.3, 0.4) is 0 Å². The highest BCUT2D eigenvalue weighted by atomic mass is 16.5. The van der Waals surface area contributed by atoms with Crippen molar-refractivity contribution < 1.29 is 14.6 Å². The molecule has 1 amide bonds. The molecule has 1 saturated carbocycles. The number of nitrogens with two attached hydrogens (primary N) is 1. The second-order valence-corrected chi connectivity index (χ2v) is 3.40. The summed E-state index contributed by atoms with van der Waals surface area (Å²) in [4.78, 5) is 10.4. The fourth-order valence-corrected chi connectivity index (χ4v) is 1.74. The minimum Gasteiger partial charge on any atom is -0.465 e. The summed E-state index contributed by atoms with van der Waals surface area (Å²) in [6.07, 6.45) is 1.25. The van der Waals surface area contributed by atoms with Gasteiger partial charge in [0.15, 0.2) is 0 Å². The number of ether oxygens (including phenoxy) is 1. The molecule has 0 radical (unpaired) electrons. The Kier molecular flexibility index (Phi) is 3.50. The van der Waals surface area contributed by atoms with E-state index >= 15 is 0 Å². The van der Waals surface area contributed by atoms with E-state index in [0.717, 1.165) is 19.3 Å². The quantitative estimate of drug-likeness (QED) is 0.576. The van der Waals surface area contributed by atoms with Crippen molar-refractivity contribution in [2.24, 2.45) is 5.73 Å². The number of methoxy groups -OCH3 is 1. The molecular formula is C8H16N2O3. The predicted octanol–water partition coefficient (Wildman–Crippen LogP) is 0.149. The third kappa shape index (κ3) is 2.86. The first kappa shape index (κ1) is 10.3. The topological polar surface area (TPSA) is 84.6 Å². The molecule has 5 heteroatoms. The highest BCUT2D eigenvalue weighted by Gasteiger charge is 2.29. The molecule has 0 aliphatic heterocycles. The summed E-state index contributed by atoms with van der Waals surface area (Å²) in [6, 6.07) is 0.0269. The van der Waals surface area contributed by atoms with Gasteiger partial charge in [0.25, 0.3) is 0 Å². The van der Waals surface area contributed by atoms with Crippen molar-refractivity contribution >= 4 is 6.09 Å². The summed E-state index contributed by atoms with van der Waals surface area (Å²) in [5, 5.41) is 11.0. The van der Waals surface area contributed by atoms with Gasteiger partial charge in [0.1, 0.15) is 0 Å². The van der Waals surface area contributed by atoms with E-state index in [2.05, 4.69) is 5.32 Å². The Morgan fingerprint density at radius 1 is 1.62 bits per heavy atom. The molecular weight excluding hydrogens is 172 g/mol. The monoisotopic (exact) mass is 188 g/mol. The van der Waals surface area contributed by atoms with E-state index in [9.17, 15) is 4.79 Å². The van der Waals surface area contributed by atoms with Crippen LogP contribution in [0.2, 0.25) is 0 Å². The summed E-state index contributed by atoms with van der Waals surface area (Å²) < 4.78 is 5.17. The Balaban J connectivity index is 2.47. The lowest BCUT2D eigenvalue weighted by Crippen LogP contribution is -2.49. The van der Waals surface area contributed by atoms with Gasteiger partial charge < -0.3 is 20.9 Å². The van der Waals surface area contributed by atoms with Crippen LogP contribution in [0.5, 0.6) is 0 Å². The van der Waals surface area contributed by atoms with Crippen molar-refractivity contribution in [2.45, 2.75) is 37.5 Å². The van der Waals surface area contributed by atoms with E-state index < -0.39 is 6.09 Å². The maximum Gasteiger partial charge on any atom is 0.404 e. The lowest BCUT2D eigenvalue weighted by molar-refractivity contribution is 0.0361. The maximum atomic E-state index is 10.4. The average Bonchev–Trinajstić information content (AvgIpc) is 2.07. The maximum absolute atomic E-state index is 10.4. The normalized spacial score (nSPS) is 34.2. The summed E-state index contributed by atoms with van der Waals surface area (Å²) >= 11 is 0. The largest absolute Gasteiger partial charge is 0.465 e. The first-order valence-electron chi connectivity index (χ1n) is 4.41. The number of rotatable bonds is 2. The van der Waals surface area contributed by atoms with Crippen LogP contribution in [0, 0.1) is 0 Å². The molecule has 0 aromatic rings. The first-order valence-corrected chi connectivity index (χ1v) is 4.41. The Morgan fingerprint density at radius 2 is 2.31 bits per heavy atom. The molecule has 0 aromatic heterocycles. The van der Waals surface area contributed by atoms with Gasteiger partial charge in [0, 0.05) is 13.2 Å². The van der Waals surface area contributed by atoms with Gasteiger partial charge in [-0.05, 0) is 19.3 Å². The lowest BCUT2D eigenvalue weighted by Gasteiger charge is -2.33. The van der Waals surface area contributed by atoms with Crippen LogP contribution in [0.1, 0.15) is 19.3 Å². The Hall–Kier alpha value is -0.810. The fraction of sp³-hybridized carbons (Fsp3) is 0.875. The van der Waals surface area contributed by atoms with Crippen LogP contribution < -0.4 is 11.1 Å². The van der Waals surface area contributed by atoms with Gasteiger partial charge in [0.2, 0.25) is 0 Å². The fourth-order valence-electron chi connectivity index (χ4n) is 1.74. The molecule has 1 rings (SSSR count). The SMILES string of the molecule is CO[C@H]1C[C@H](N)CC[C@H]1NC(=O)O. The molecule has 0 unspecified atom stereocenters. The van der Waals surface area contributed by atoms with Crippen LogP contribution in [0.15, 0.2) is 0 Å². The molecule has 5 nitrogen and oxygen atoms in total. The molecule has 3 atom stereocenters. The van der Waals surface area contributed by atoms with Crippen molar-refractivity contribution in [1.29, 1.82) is 0 Å². The van der Waals surface area contributed by atoms with Gasteiger partial charge >= 0.3 is 6.09 Å². The first-order chi connectivity index (χ1) is 6.13. The van der Waals surface area contributed by atoms with Gasteiger partial charge in [-0.15, -0.1) is 0 Å². The zero-order valence-electron chi connectivity index (χ0n) is 7.69. The molecule has 1 aliphatic carbocycles. The minimum atomic E-state index is -0.998. The number of carboxylic acid groups (broad SMARTS) is 1. The summed E-state index contributed by atoms with van der Waals surface area (Å²) in [5.74, 6) is 0. The molecule has 13 heavy (non-hydrogen) atoms. The van der Waals surface area contributed by atoms with E-state index in [1.165, 1.54) is 0 Å². The molecule has 4 N–H and O–H groups in total. The Labute approximate surface area is 77.2 Å². The van der Waals surface area contributed by atoms with Crippen molar-refractivity contribution in [3.05, 3.63) is 0 Å². The van der Waals surface area contributed by atoms with Gasteiger partial charge in [-0.25, -0.2) is 4.79 Å². The number of amides is 1. The smallest absolute Gasteiger partial charge is 0.404 e. The summed E-state index contributed by atoms with van der Waals surface area (Å²) in [6.45, 7) is 0. The zero-order chi connectivity index (χ0) is 9.84. The Bertz CT molecular complexity index is 186. The highest BCUT2D eigenvalue weighted by Crippen LogP contribution is 2.19. The van der Waals surface area contributed by atoms with Gasteiger partial charge in [-0.1, -0.05) is 0 Å². The van der Waals surface area contributed by atoms with E-state index in [1.54, 1.807) is 7.11 Å². The molecule has 0 spiro atoms. The highest BCUT2D eigenvalue weighted by molar-refractivity contribution is 5.64. The summed E-state index contributed by atoms with van der Waals surface area (Å²) in [7, 11) is 1.58. The summed E-state index contributed by atoms with van der Waals surface area (Å²) in [5.41, 5.74) is 5.74. The number of nitrogens with one attached hydrogen (secondary N) is 1. The Morgan fingerprint density at radius 3 is 2.85 bits per heavy atom. The van der Waals surface area contributed by atoms with Crippen LogP contribution in [0.4, 0.5) is 4.79 Å². The van der Waals surface area contributed by atoms with Crippen molar-refractivity contribution in [1.82, 2.24) is 5.32 Å². The second-order valence-electron chi connectivity index (χ2n) is 3.40. The lowest BCUT2D eigenvalue weighted by atomic mass is 9.89. The van der Waals surface area contributed by atoms with Gasteiger partial charge in [0.05, 0.1) is 12.1 Å². The minimum absolute atomic E-state index is 0.0835. The predicted molar refractivity (Wildman–Crippen MR) is 47.6 cm³/mol. The third-order valence-corrected chi connectivity index (χ3v) is 2.44. The second kappa shape index (κ2) is 4.43. The van der Waals surface area contributed by atoms with E-state index in [0.29, 0.717) is 0 Å². The van der Waals surface area contributed by atoms with Gasteiger partial charge in [-0.2, -0.15) is 0 Å². The van der Waals surface area contributed by atoms with Crippen LogP contribution in [-0.2, 0) is 4.74 Å². The molecule has 0 heterocycles. The van der Waals surface area contributed by atoms with Gasteiger partial charge in [-0.3, -0.25) is 0 Å². The van der Waals surface area contributed by atoms with E-state index in [4.69, 9.17) is 15.6 Å². The van der Waals surface area contributed by atoms with Crippen molar-refractivity contribution in [2.75, 3.05) is 7.11 Å². The molecule has 76 valence electrons. The van der Waals surface area contributed by atoms with Crippen LogP contribution in [-0.4, -0.2) is 36.5 Å². The molecule has 0 bridgehead atoms. The number of carbonyl (C=O) groups is 1. The van der Waals surface area contributed by atoms with Crippen LogP contribution in [0.25, 0.3) is 0 Å². The molecule has 0 aromatic carbocycles. The van der Waals surface area contributed by atoms with E-state index in [-0.39, 0.29) is 18.2 Å². The molecule has 0 saturated heterocycles. The molecule has 1 fully saturated rings. The molecule has 1 aliphatic rings. The number of hydrogen-bond donors (Lipinski definition) is 3. The van der Waals surface area contributed by atoms with Crippen LogP contribution >= 0.6 is 0 Å². The standard InChI is InChI=1S/C8H16N2O3/c1-13-7-4-5(9)2-3-6(7)10-8(11)12/h5-7,10H,2-4,9H2,1H3,(H,11,12)/t5-,6-,7+/m1/s1.